The van der Waals surface area contributed by atoms with Gasteiger partial charge >= 0.3 is 5.97 Å². The van der Waals surface area contributed by atoms with Crippen LogP contribution in [-0.2, 0) is 11.2 Å². The molecule has 0 saturated carbocycles. The minimum Gasteiger partial charge on any atom is -0.480 e. The molecule has 6 nitrogen and oxygen atoms in total. The Labute approximate surface area is 257 Å². The van der Waals surface area contributed by atoms with Crippen LogP contribution in [0.15, 0.2) is 115 Å². The van der Waals surface area contributed by atoms with Crippen molar-refractivity contribution in [2.24, 2.45) is 0 Å². The lowest BCUT2D eigenvalue weighted by Crippen LogP contribution is -2.42. The van der Waals surface area contributed by atoms with E-state index in [-0.39, 0.29) is 22.0 Å². The molecule has 0 aliphatic rings. The number of nitrogens with one attached hydrogen (secondary N) is 2. The van der Waals surface area contributed by atoms with Crippen molar-refractivity contribution in [3.63, 3.8) is 0 Å². The minimum absolute atomic E-state index is 0.0421. The lowest BCUT2D eigenvalue weighted by atomic mass is 9.99. The second-order valence-corrected chi connectivity index (χ2v) is 10.5. The quantitative estimate of drug-likeness (QED) is 0.146. The van der Waals surface area contributed by atoms with Gasteiger partial charge in [-0.05, 0) is 65.7 Å². The number of ether oxygens (including phenoxy) is 1. The van der Waals surface area contributed by atoms with Gasteiger partial charge in [0, 0.05) is 22.7 Å². The molecule has 0 fully saturated rings. The predicted octanol–water partition coefficient (Wildman–Crippen LogP) is 8.76. The maximum absolute atomic E-state index is 13.6. The Kier molecular flexibility index (Phi) is 9.25. The molecule has 1 amide bonds. The van der Waals surface area contributed by atoms with Gasteiger partial charge in [-0.15, -0.1) is 0 Å². The van der Waals surface area contributed by atoms with Crippen molar-refractivity contribution in [2.45, 2.75) is 12.5 Å². The first-order valence-corrected chi connectivity index (χ1v) is 14.0. The van der Waals surface area contributed by atoms with E-state index in [0.717, 1.165) is 11.1 Å². The van der Waals surface area contributed by atoms with E-state index in [1.807, 2.05) is 78.9 Å². The predicted molar refractivity (Wildman–Crippen MR) is 167 cm³/mol. The van der Waals surface area contributed by atoms with Crippen LogP contribution in [0, 0.1) is 5.82 Å². The van der Waals surface area contributed by atoms with Crippen LogP contribution >= 0.6 is 23.2 Å². The highest BCUT2D eigenvalue weighted by Crippen LogP contribution is 2.33. The molecule has 0 spiro atoms. The van der Waals surface area contributed by atoms with Crippen LogP contribution in [0.5, 0.6) is 11.5 Å². The van der Waals surface area contributed by atoms with Gasteiger partial charge in [-0.1, -0.05) is 83.9 Å². The molecule has 0 saturated heterocycles. The van der Waals surface area contributed by atoms with Crippen molar-refractivity contribution in [1.82, 2.24) is 5.32 Å². The fourth-order valence-electron chi connectivity index (χ4n) is 4.44. The SMILES string of the molecule is O=C(N[C@@H](Cc1ccc(-c2ccccc2Oc2ccccc2)cc1)C(=O)O)c1cc(Cl)ccc1Nc1ccc(F)c(Cl)c1. The summed E-state index contributed by atoms with van der Waals surface area (Å²) in [4.78, 5) is 25.5. The zero-order valence-electron chi connectivity index (χ0n) is 22.6. The van der Waals surface area contributed by atoms with Gasteiger partial charge < -0.3 is 20.5 Å². The first kappa shape index (κ1) is 29.6. The van der Waals surface area contributed by atoms with Crippen molar-refractivity contribution in [3.05, 3.63) is 142 Å². The number of rotatable bonds is 10. The van der Waals surface area contributed by atoms with Gasteiger partial charge in [0.25, 0.3) is 5.91 Å². The molecular formula is C34H25Cl2FN2O4. The average molecular weight is 615 g/mol. The third-order valence-corrected chi connectivity index (χ3v) is 7.12. The van der Waals surface area contributed by atoms with E-state index in [1.165, 1.54) is 24.3 Å². The second kappa shape index (κ2) is 13.4. The number of anilines is 2. The average Bonchev–Trinajstić information content (AvgIpc) is 3.00. The molecule has 0 radical (unpaired) electrons. The van der Waals surface area contributed by atoms with Crippen molar-refractivity contribution >= 4 is 46.5 Å². The highest BCUT2D eigenvalue weighted by atomic mass is 35.5. The summed E-state index contributed by atoms with van der Waals surface area (Å²) in [6, 6.07) is 31.9. The van der Waals surface area contributed by atoms with Gasteiger partial charge in [-0.2, -0.15) is 0 Å². The molecule has 0 unspecified atom stereocenters. The zero-order valence-corrected chi connectivity index (χ0v) is 24.1. The molecule has 1 atom stereocenters. The minimum atomic E-state index is -1.22. The first-order chi connectivity index (χ1) is 20.8. The maximum Gasteiger partial charge on any atom is 0.326 e. The standard InChI is InChI=1S/C34H25Cl2FN2O4/c35-23-14-17-30(38-24-15-16-29(37)28(36)20-24)27(19-23)33(40)39-31(34(41)42)18-21-10-12-22(13-11-21)26-8-4-5-9-32(26)43-25-6-2-1-3-7-25/h1-17,19-20,31,38H,18H2,(H,39,40)(H,41,42)/t31-/m0/s1. The fraction of sp³-hybridized carbons (Fsp3) is 0.0588. The first-order valence-electron chi connectivity index (χ1n) is 13.2. The summed E-state index contributed by atoms with van der Waals surface area (Å²) in [6.45, 7) is 0. The maximum atomic E-state index is 13.6. The van der Waals surface area contributed by atoms with Crippen LogP contribution in [0.1, 0.15) is 15.9 Å². The number of hydrogen-bond acceptors (Lipinski definition) is 4. The third-order valence-electron chi connectivity index (χ3n) is 6.59. The van der Waals surface area contributed by atoms with E-state index in [9.17, 15) is 19.1 Å². The summed E-state index contributed by atoms with van der Waals surface area (Å²) in [5, 5.41) is 15.7. The molecule has 5 rings (SSSR count). The Morgan fingerprint density at radius 2 is 1.56 bits per heavy atom. The van der Waals surface area contributed by atoms with Gasteiger partial charge in [0.05, 0.1) is 16.3 Å². The van der Waals surface area contributed by atoms with Crippen LogP contribution in [0.4, 0.5) is 15.8 Å². The third kappa shape index (κ3) is 7.52. The van der Waals surface area contributed by atoms with Gasteiger partial charge in [0.1, 0.15) is 23.4 Å². The summed E-state index contributed by atoms with van der Waals surface area (Å²) < 4.78 is 19.7. The second-order valence-electron chi connectivity index (χ2n) is 9.62. The van der Waals surface area contributed by atoms with Crippen LogP contribution in [0.3, 0.4) is 0 Å². The Bertz CT molecular complexity index is 1770. The van der Waals surface area contributed by atoms with Crippen molar-refractivity contribution in [2.75, 3.05) is 5.32 Å². The molecule has 0 aliphatic heterocycles. The number of aliphatic carboxylic acids is 1. The monoisotopic (exact) mass is 614 g/mol. The Morgan fingerprint density at radius 1 is 0.837 bits per heavy atom. The van der Waals surface area contributed by atoms with Gasteiger partial charge in [-0.25, -0.2) is 9.18 Å². The van der Waals surface area contributed by atoms with Crippen LogP contribution < -0.4 is 15.4 Å². The lowest BCUT2D eigenvalue weighted by molar-refractivity contribution is -0.139. The molecule has 0 aliphatic carbocycles. The Hall–Kier alpha value is -4.85. The fourth-order valence-corrected chi connectivity index (χ4v) is 4.80. The molecule has 216 valence electrons. The lowest BCUT2D eigenvalue weighted by Gasteiger charge is -2.18. The number of carboxylic acids is 1. The van der Waals surface area contributed by atoms with E-state index in [1.54, 1.807) is 12.1 Å². The van der Waals surface area contributed by atoms with Gasteiger partial charge in [-0.3, -0.25) is 4.79 Å². The smallest absolute Gasteiger partial charge is 0.326 e. The molecule has 0 heterocycles. The van der Waals surface area contributed by atoms with Crippen LogP contribution in [0.2, 0.25) is 10.0 Å². The number of para-hydroxylation sites is 2. The number of benzene rings is 5. The number of amides is 1. The molecule has 5 aromatic carbocycles. The summed E-state index contributed by atoms with van der Waals surface area (Å²) in [5.74, 6) is -1.02. The number of hydrogen-bond donors (Lipinski definition) is 3. The molecule has 0 bridgehead atoms. The molecule has 9 heteroatoms. The normalized spacial score (nSPS) is 11.4. The van der Waals surface area contributed by atoms with E-state index in [2.05, 4.69) is 10.6 Å². The summed E-state index contributed by atoms with van der Waals surface area (Å²) >= 11 is 12.0. The zero-order chi connectivity index (χ0) is 30.3. The molecule has 3 N–H and O–H groups in total. The van der Waals surface area contributed by atoms with Crippen LogP contribution in [-0.4, -0.2) is 23.0 Å². The summed E-state index contributed by atoms with van der Waals surface area (Å²) in [6.07, 6.45) is 0.0421. The largest absolute Gasteiger partial charge is 0.480 e. The van der Waals surface area contributed by atoms with E-state index in [4.69, 9.17) is 27.9 Å². The Balaban J connectivity index is 1.32. The van der Waals surface area contributed by atoms with Crippen molar-refractivity contribution < 1.29 is 23.8 Å². The van der Waals surface area contributed by atoms with E-state index < -0.39 is 23.7 Å². The molecule has 43 heavy (non-hydrogen) atoms. The van der Waals surface area contributed by atoms with Crippen molar-refractivity contribution in [1.29, 1.82) is 0 Å². The van der Waals surface area contributed by atoms with E-state index >= 15 is 0 Å². The topological polar surface area (TPSA) is 87.7 Å². The highest BCUT2D eigenvalue weighted by Gasteiger charge is 2.23. The molecular weight excluding hydrogens is 590 g/mol. The van der Waals surface area contributed by atoms with Gasteiger partial charge in [0.2, 0.25) is 0 Å². The number of carboxylic acid groups (broad SMARTS) is 1. The summed E-state index contributed by atoms with van der Waals surface area (Å²) in [5.41, 5.74) is 3.38. The number of carbonyl (C=O) groups excluding carboxylic acids is 1. The number of halogens is 3. The van der Waals surface area contributed by atoms with Gasteiger partial charge in [0.15, 0.2) is 0 Å². The molecule has 5 aromatic rings. The number of carbonyl (C=O) groups is 2. The Morgan fingerprint density at radius 3 is 2.28 bits per heavy atom. The molecule has 0 aromatic heterocycles. The van der Waals surface area contributed by atoms with Crippen molar-refractivity contribution in [3.8, 4) is 22.6 Å². The summed E-state index contributed by atoms with van der Waals surface area (Å²) in [7, 11) is 0. The van der Waals surface area contributed by atoms with Crippen LogP contribution in [0.25, 0.3) is 11.1 Å². The van der Waals surface area contributed by atoms with E-state index in [0.29, 0.717) is 28.4 Å². The highest BCUT2D eigenvalue weighted by molar-refractivity contribution is 6.31.